The number of hydrogen-bond donors (Lipinski definition) is 3. The van der Waals surface area contributed by atoms with Gasteiger partial charge in [-0.25, -0.2) is 9.97 Å². The van der Waals surface area contributed by atoms with Gasteiger partial charge in [0.1, 0.15) is 30.8 Å². The summed E-state index contributed by atoms with van der Waals surface area (Å²) in [5.74, 6) is 1.23. The van der Waals surface area contributed by atoms with Gasteiger partial charge in [-0.2, -0.15) is 14.7 Å². The highest BCUT2D eigenvalue weighted by Crippen LogP contribution is 2.50. The van der Waals surface area contributed by atoms with Crippen molar-refractivity contribution in [3.8, 4) is 11.1 Å². The van der Waals surface area contributed by atoms with Gasteiger partial charge in [-0.05, 0) is 77.4 Å². The van der Waals surface area contributed by atoms with E-state index in [0.717, 1.165) is 53.2 Å². The molecule has 1 aromatic carbocycles. The number of para-hydroxylation sites is 1. The van der Waals surface area contributed by atoms with Crippen molar-refractivity contribution in [3.63, 3.8) is 0 Å². The molecule has 3 fully saturated rings. The third kappa shape index (κ3) is 6.64. The zero-order valence-corrected chi connectivity index (χ0v) is 31.2. The summed E-state index contributed by atoms with van der Waals surface area (Å²) in [4.78, 5) is 39.1. The van der Waals surface area contributed by atoms with Crippen LogP contribution in [0, 0.1) is 12.8 Å². The van der Waals surface area contributed by atoms with Gasteiger partial charge in [0.25, 0.3) is 0 Å². The van der Waals surface area contributed by atoms with Crippen molar-refractivity contribution in [2.24, 2.45) is 5.92 Å². The minimum Gasteiger partial charge on any atom is -0.379 e. The van der Waals surface area contributed by atoms with Crippen LogP contribution in [0.5, 0.6) is 0 Å². The van der Waals surface area contributed by atoms with Crippen LogP contribution in [0.15, 0.2) is 54.7 Å². The molecular weight excluding hydrogens is 681 g/mol. The summed E-state index contributed by atoms with van der Waals surface area (Å²) in [6.45, 7) is 7.64. The number of nitrogens with one attached hydrogen (secondary N) is 2. The summed E-state index contributed by atoms with van der Waals surface area (Å²) in [5.41, 5.74) is 5.20. The average Bonchev–Trinajstić information content (AvgIpc) is 3.54. The monoisotopic (exact) mass is 727 g/mol. The Morgan fingerprint density at radius 2 is 1.81 bits per heavy atom. The van der Waals surface area contributed by atoms with Crippen molar-refractivity contribution in [2.75, 3.05) is 55.8 Å². The molecule has 4 aromatic heterocycles. The largest absolute Gasteiger partial charge is 0.379 e. The molecule has 7 heterocycles. The number of aryl methyl sites for hydroxylation is 1. The van der Waals surface area contributed by atoms with E-state index >= 15 is 0 Å². The van der Waals surface area contributed by atoms with Crippen molar-refractivity contribution >= 4 is 48.7 Å². The van der Waals surface area contributed by atoms with Crippen molar-refractivity contribution in [2.45, 2.75) is 63.7 Å². The molecule has 1 aliphatic carbocycles. The van der Waals surface area contributed by atoms with E-state index < -0.39 is 5.62 Å². The van der Waals surface area contributed by atoms with Crippen LogP contribution in [0.2, 0.25) is 0 Å². The van der Waals surface area contributed by atoms with E-state index in [1.807, 2.05) is 37.4 Å². The first-order chi connectivity index (χ1) is 26.0. The normalized spacial score (nSPS) is 19.6. The van der Waals surface area contributed by atoms with Crippen molar-refractivity contribution in [3.05, 3.63) is 77.5 Å². The Balaban J connectivity index is 0.000000630. The standard InChI is InChI=1S/C34H35BN10O3.C5H11N/c1-4-26-32-24(15-36-44(32)22-16-43(17-22)34(35,48)27-10-5-7-21(18-46)37-27)23-8-6-9-25(31(23)42(26)3)38-30-14-28(40-33(47)20-11-12-20)39-29-13-19(2)41-45(29)30;1-6-4-2-3-5-6/h5-10,13-15,18,20,22,26,38,48H,4,11-12,16-17H2,1-3H3,(H,39,40,47);2-5H2,1H3. The van der Waals surface area contributed by atoms with Gasteiger partial charge < -0.3 is 25.5 Å². The van der Waals surface area contributed by atoms with Crippen LogP contribution in [-0.4, -0.2) is 105 Å². The Kier molecular flexibility index (Phi) is 9.48. The minimum atomic E-state index is -1.82. The highest BCUT2D eigenvalue weighted by atomic mass is 16.3. The number of benzene rings is 1. The summed E-state index contributed by atoms with van der Waals surface area (Å²) >= 11 is 0. The molecule has 15 heteroatoms. The number of carbonyl (C=O) groups is 2. The molecule has 0 spiro atoms. The smallest absolute Gasteiger partial charge is 0.228 e. The number of aliphatic hydroxyl groups is 1. The Morgan fingerprint density at radius 1 is 1.06 bits per heavy atom. The molecule has 2 atom stereocenters. The SMILES string of the molecule is CN1CCCC1.[B]C(O)(c1cccc(C=O)n1)N1CC(n2ncc3c2C(CC)N(C)c2c(Nc4cc(NC(=O)C5CC5)nc5cc(C)nn45)cccc2-3)C1. The third-order valence-corrected chi connectivity index (χ3v) is 11.0. The molecule has 54 heavy (non-hydrogen) atoms. The maximum atomic E-state index is 12.6. The van der Waals surface area contributed by atoms with Crippen molar-refractivity contribution in [1.29, 1.82) is 0 Å². The molecule has 2 unspecified atom stereocenters. The fraction of sp³-hybridized carbons (Fsp3) is 0.436. The molecule has 3 N–H and O–H groups in total. The first-order valence-corrected chi connectivity index (χ1v) is 18.8. The Hall–Kier alpha value is -5.12. The van der Waals surface area contributed by atoms with Crippen LogP contribution in [0.3, 0.4) is 0 Å². The van der Waals surface area contributed by atoms with Gasteiger partial charge >= 0.3 is 0 Å². The number of fused-ring (bicyclic) bond motifs is 4. The molecule has 14 nitrogen and oxygen atoms in total. The van der Waals surface area contributed by atoms with Crippen molar-refractivity contribution in [1.82, 2.24) is 39.2 Å². The van der Waals surface area contributed by atoms with E-state index in [0.29, 0.717) is 36.7 Å². The lowest BCUT2D eigenvalue weighted by Gasteiger charge is -2.49. The Morgan fingerprint density at radius 3 is 2.50 bits per heavy atom. The molecule has 4 aliphatic rings. The lowest BCUT2D eigenvalue weighted by Crippen LogP contribution is -2.59. The van der Waals surface area contributed by atoms with Gasteiger partial charge in [-0.15, -0.1) is 0 Å². The topological polar surface area (TPSA) is 149 Å². The highest BCUT2D eigenvalue weighted by Gasteiger charge is 2.44. The van der Waals surface area contributed by atoms with Crippen LogP contribution in [0.4, 0.5) is 23.0 Å². The fourth-order valence-electron chi connectivity index (χ4n) is 7.85. The van der Waals surface area contributed by atoms with E-state index in [4.69, 9.17) is 12.9 Å². The maximum Gasteiger partial charge on any atom is 0.228 e. The van der Waals surface area contributed by atoms with Gasteiger partial charge in [0.15, 0.2) is 11.9 Å². The first-order valence-electron chi connectivity index (χ1n) is 18.8. The molecular formula is C39H46BN11O3. The summed E-state index contributed by atoms with van der Waals surface area (Å²) in [5, 5.41) is 27.4. The molecule has 1 saturated carbocycles. The van der Waals surface area contributed by atoms with Gasteiger partial charge in [0, 0.05) is 49.3 Å². The van der Waals surface area contributed by atoms with E-state index in [9.17, 15) is 14.7 Å². The number of hydrogen-bond acceptors (Lipinski definition) is 11. The molecule has 1 amide bonds. The number of aromatic nitrogens is 6. The predicted molar refractivity (Wildman–Crippen MR) is 208 cm³/mol. The van der Waals surface area contributed by atoms with Gasteiger partial charge in [-0.1, -0.05) is 25.1 Å². The van der Waals surface area contributed by atoms with Gasteiger partial charge in [0.05, 0.1) is 46.7 Å². The number of carbonyl (C=O) groups excluding carboxylic acids is 2. The molecule has 2 saturated heterocycles. The number of nitrogens with zero attached hydrogens (tertiary/aromatic N) is 9. The van der Waals surface area contributed by atoms with Crippen LogP contribution >= 0.6 is 0 Å². The van der Waals surface area contributed by atoms with Crippen LogP contribution in [0.1, 0.15) is 78.7 Å². The fourth-order valence-corrected chi connectivity index (χ4v) is 7.85. The molecule has 2 radical (unpaired) electrons. The van der Waals surface area contributed by atoms with Crippen LogP contribution in [0.25, 0.3) is 16.8 Å². The number of rotatable bonds is 9. The van der Waals surface area contributed by atoms with E-state index in [2.05, 4.69) is 67.3 Å². The Bertz CT molecular complexity index is 2200. The molecule has 3 aliphatic heterocycles. The number of pyridine rings is 1. The lowest BCUT2D eigenvalue weighted by molar-refractivity contribution is -0.117. The third-order valence-electron chi connectivity index (χ3n) is 11.0. The number of likely N-dealkylation sites (tertiary alicyclic amines) is 2. The van der Waals surface area contributed by atoms with Gasteiger partial charge in [0.2, 0.25) is 5.91 Å². The highest BCUT2D eigenvalue weighted by molar-refractivity contribution is 6.14. The van der Waals surface area contributed by atoms with Crippen LogP contribution in [-0.2, 0) is 10.4 Å². The molecule has 0 bridgehead atoms. The summed E-state index contributed by atoms with van der Waals surface area (Å²) in [6.07, 6.45) is 8.04. The zero-order valence-electron chi connectivity index (χ0n) is 31.2. The number of aldehydes is 1. The van der Waals surface area contributed by atoms with Gasteiger partial charge in [-0.3, -0.25) is 19.2 Å². The summed E-state index contributed by atoms with van der Waals surface area (Å²) in [7, 11) is 10.6. The maximum absolute atomic E-state index is 12.6. The van der Waals surface area contributed by atoms with E-state index in [-0.39, 0.29) is 35.3 Å². The summed E-state index contributed by atoms with van der Waals surface area (Å²) < 4.78 is 3.83. The number of amides is 1. The predicted octanol–water partition coefficient (Wildman–Crippen LogP) is 4.64. The second-order valence-electron chi connectivity index (χ2n) is 15.0. The average molecular weight is 728 g/mol. The molecule has 5 aromatic rings. The van der Waals surface area contributed by atoms with E-state index in [1.54, 1.807) is 27.6 Å². The molecule has 278 valence electrons. The van der Waals surface area contributed by atoms with Crippen LogP contribution < -0.4 is 15.5 Å². The second-order valence-corrected chi connectivity index (χ2v) is 15.0. The summed E-state index contributed by atoms with van der Waals surface area (Å²) in [6, 6.07) is 14.7. The molecule has 9 rings (SSSR count). The Labute approximate surface area is 316 Å². The van der Waals surface area contributed by atoms with Crippen molar-refractivity contribution < 1.29 is 14.7 Å². The second kappa shape index (κ2) is 14.3. The van der Waals surface area contributed by atoms with E-state index in [1.165, 1.54) is 25.9 Å². The minimum absolute atomic E-state index is 0.00400. The quantitative estimate of drug-likeness (QED) is 0.144. The first kappa shape index (κ1) is 35.9. The lowest BCUT2D eigenvalue weighted by atomic mass is 9.82. The zero-order chi connectivity index (χ0) is 37.7. The number of anilines is 4.